The summed E-state index contributed by atoms with van der Waals surface area (Å²) in [7, 11) is 3.16. The van der Waals surface area contributed by atoms with Crippen LogP contribution in [0.5, 0.6) is 0 Å². The Kier molecular flexibility index (Phi) is 5.34. The first-order valence-electron chi connectivity index (χ1n) is 2.70. The van der Waals surface area contributed by atoms with Crippen molar-refractivity contribution in [1.29, 1.82) is 0 Å². The Hall–Kier alpha value is -0.490. The second kappa shape index (κ2) is 5.64. The van der Waals surface area contributed by atoms with Crippen molar-refractivity contribution in [2.75, 3.05) is 20.6 Å². The Morgan fingerprint density at radius 3 is 2.89 bits per heavy atom. The van der Waals surface area contributed by atoms with E-state index in [0.29, 0.717) is 6.54 Å². The van der Waals surface area contributed by atoms with E-state index in [4.69, 9.17) is 0 Å². The summed E-state index contributed by atoms with van der Waals surface area (Å²) in [4.78, 5) is 0. The van der Waals surface area contributed by atoms with E-state index in [1.807, 2.05) is 0 Å². The molecular formula is C4H12N4O. The highest BCUT2D eigenvalue weighted by atomic mass is 16.5. The van der Waals surface area contributed by atoms with Gasteiger partial charge in [-0.3, -0.25) is 10.9 Å². The first-order valence-corrected chi connectivity index (χ1v) is 2.70. The maximum absolute atomic E-state index is 10.2. The van der Waals surface area contributed by atoms with Gasteiger partial charge in [0.05, 0.1) is 19.8 Å². The van der Waals surface area contributed by atoms with E-state index in [2.05, 4.69) is 16.0 Å². The molecule has 0 aliphatic rings. The van der Waals surface area contributed by atoms with Crippen LogP contribution < -0.4 is 16.0 Å². The summed E-state index contributed by atoms with van der Waals surface area (Å²) in [6.07, 6.45) is 1.51. The van der Waals surface area contributed by atoms with Gasteiger partial charge in [0.25, 0.3) is 0 Å². The van der Waals surface area contributed by atoms with Crippen LogP contribution in [0.25, 0.3) is 0 Å². The molecule has 0 saturated carbocycles. The van der Waals surface area contributed by atoms with Gasteiger partial charge in [0, 0.05) is 0 Å². The Morgan fingerprint density at radius 2 is 2.44 bits per heavy atom. The van der Waals surface area contributed by atoms with Gasteiger partial charge in [-0.1, -0.05) is 5.10 Å². The van der Waals surface area contributed by atoms with Gasteiger partial charge in [-0.15, -0.1) is 0 Å². The molecule has 3 N–H and O–H groups in total. The third-order valence-corrected chi connectivity index (χ3v) is 0.643. The highest BCUT2D eigenvalue weighted by Crippen LogP contribution is 1.43. The van der Waals surface area contributed by atoms with Crippen LogP contribution in [0.2, 0.25) is 0 Å². The number of nitrogens with one attached hydrogen (secondary N) is 3. The molecule has 0 amide bonds. The lowest BCUT2D eigenvalue weighted by Gasteiger charge is -2.05. The van der Waals surface area contributed by atoms with E-state index in [1.165, 1.54) is 13.3 Å². The molecule has 9 heavy (non-hydrogen) atoms. The second-order valence-corrected chi connectivity index (χ2v) is 1.46. The third-order valence-electron chi connectivity index (χ3n) is 0.643. The number of hydroxylamine groups is 1. The number of hydrogen-bond acceptors (Lipinski definition) is 4. The summed E-state index contributed by atoms with van der Waals surface area (Å²) in [6.45, 7) is 0.566. The molecule has 0 aliphatic carbocycles. The molecule has 0 saturated heterocycles. The summed E-state index contributed by atoms with van der Waals surface area (Å²) in [5.74, 6) is 0. The zero-order valence-electron chi connectivity index (χ0n) is 5.64. The van der Waals surface area contributed by atoms with Gasteiger partial charge in [-0.2, -0.15) is 0 Å². The molecular weight excluding hydrogens is 120 g/mol. The van der Waals surface area contributed by atoms with E-state index < -0.39 is 0 Å². The van der Waals surface area contributed by atoms with Crippen molar-refractivity contribution in [1.82, 2.24) is 10.9 Å². The highest BCUT2D eigenvalue weighted by Gasteiger charge is 1.76. The number of hydrazine groups is 1. The average Bonchev–Trinajstić information content (AvgIpc) is 1.80. The van der Waals surface area contributed by atoms with Crippen molar-refractivity contribution in [3.8, 4) is 0 Å². The average molecular weight is 132 g/mol. The van der Waals surface area contributed by atoms with Crippen LogP contribution in [0.3, 0.4) is 0 Å². The van der Waals surface area contributed by atoms with Gasteiger partial charge in [0.2, 0.25) is 0 Å². The molecule has 0 spiro atoms. The third kappa shape index (κ3) is 7.51. The highest BCUT2D eigenvalue weighted by molar-refractivity contribution is 5.58. The first kappa shape index (κ1) is 8.51. The molecule has 0 fully saturated rings. The molecule has 0 aliphatic heterocycles. The summed E-state index contributed by atoms with van der Waals surface area (Å²) >= 11 is 0. The Labute approximate surface area is 54.3 Å². The predicted molar refractivity (Wildman–Crippen MR) is 35.8 cm³/mol. The maximum atomic E-state index is 10.2. The Morgan fingerprint density at radius 1 is 1.78 bits per heavy atom. The normalized spacial score (nSPS) is 14.6. The molecule has 0 aromatic heterocycles. The van der Waals surface area contributed by atoms with Crippen molar-refractivity contribution in [3.63, 3.8) is 0 Å². The van der Waals surface area contributed by atoms with Gasteiger partial charge < -0.3 is 5.21 Å². The standard InChI is InChI=1S/C4H12N4O/c1-5-6-3-4-7-8(2)9/h4-6,8H,3H2,1-2H3/b7-4+. The molecule has 1 unspecified atom stereocenters. The van der Waals surface area contributed by atoms with Crippen LogP contribution in [0.15, 0.2) is 5.10 Å². The van der Waals surface area contributed by atoms with Crippen molar-refractivity contribution >= 4 is 6.21 Å². The molecule has 5 nitrogen and oxygen atoms in total. The lowest BCUT2D eigenvalue weighted by Crippen LogP contribution is -2.98. The fraction of sp³-hybridized carbons (Fsp3) is 0.750. The topological polar surface area (TPSA) is 63.9 Å². The van der Waals surface area contributed by atoms with Crippen LogP contribution in [0.4, 0.5) is 0 Å². The fourth-order valence-electron chi connectivity index (χ4n) is 0.322. The van der Waals surface area contributed by atoms with Gasteiger partial charge in [0.15, 0.2) is 0 Å². The number of hydrogen-bond donors (Lipinski definition) is 3. The van der Waals surface area contributed by atoms with Gasteiger partial charge >= 0.3 is 0 Å². The van der Waals surface area contributed by atoms with E-state index in [9.17, 15) is 5.21 Å². The van der Waals surface area contributed by atoms with Crippen molar-refractivity contribution < 1.29 is 5.17 Å². The van der Waals surface area contributed by atoms with Gasteiger partial charge in [-0.05, 0) is 7.05 Å². The summed E-state index contributed by atoms with van der Waals surface area (Å²) < 4.78 is 0. The molecule has 54 valence electrons. The molecule has 1 atom stereocenters. The summed E-state index contributed by atoms with van der Waals surface area (Å²) in [5, 5.41) is 13.5. The molecule has 0 aromatic carbocycles. The lowest BCUT2D eigenvalue weighted by molar-refractivity contribution is -0.832. The number of quaternary nitrogens is 1. The molecule has 0 bridgehead atoms. The van der Waals surface area contributed by atoms with E-state index >= 15 is 0 Å². The van der Waals surface area contributed by atoms with Crippen molar-refractivity contribution in [3.05, 3.63) is 5.21 Å². The number of nitrogens with zero attached hydrogens (tertiary/aromatic N) is 1. The van der Waals surface area contributed by atoms with E-state index in [-0.39, 0.29) is 5.17 Å². The largest absolute Gasteiger partial charge is 0.606 e. The van der Waals surface area contributed by atoms with Crippen LogP contribution >= 0.6 is 0 Å². The van der Waals surface area contributed by atoms with Gasteiger partial charge in [-0.25, -0.2) is 5.17 Å². The summed E-state index contributed by atoms with van der Waals surface area (Å²) in [5.41, 5.74) is 5.44. The smallest absolute Gasteiger partial charge is 0.0906 e. The minimum Gasteiger partial charge on any atom is -0.606 e. The zero-order chi connectivity index (χ0) is 7.11. The quantitative estimate of drug-likeness (QED) is 0.229. The number of rotatable bonds is 4. The van der Waals surface area contributed by atoms with E-state index in [0.717, 1.165) is 0 Å². The Balaban J connectivity index is 3.04. The van der Waals surface area contributed by atoms with Crippen molar-refractivity contribution in [2.45, 2.75) is 0 Å². The Bertz CT molecular complexity index is 82.6. The molecule has 0 rings (SSSR count). The molecule has 0 aromatic rings. The van der Waals surface area contributed by atoms with Crippen LogP contribution in [-0.2, 0) is 0 Å². The monoisotopic (exact) mass is 132 g/mol. The first-order chi connectivity index (χ1) is 4.27. The minimum atomic E-state index is -0.173. The van der Waals surface area contributed by atoms with Gasteiger partial charge in [0.1, 0.15) is 0 Å². The van der Waals surface area contributed by atoms with Crippen LogP contribution in [-0.4, -0.2) is 26.9 Å². The molecule has 0 heterocycles. The lowest BCUT2D eigenvalue weighted by atomic mass is 10.7. The maximum Gasteiger partial charge on any atom is 0.0906 e. The predicted octanol–water partition coefficient (Wildman–Crippen LogP) is -2.29. The fourth-order valence-corrected chi connectivity index (χ4v) is 0.322. The SMILES string of the molecule is CNNC/C=N/[NH+](C)[O-]. The van der Waals surface area contributed by atoms with Crippen molar-refractivity contribution in [2.24, 2.45) is 5.10 Å². The second-order valence-electron chi connectivity index (χ2n) is 1.46. The summed E-state index contributed by atoms with van der Waals surface area (Å²) in [6, 6.07) is 0. The molecule has 0 radical (unpaired) electrons. The minimum absolute atomic E-state index is 0.173. The van der Waals surface area contributed by atoms with Crippen LogP contribution in [0.1, 0.15) is 0 Å². The van der Waals surface area contributed by atoms with Crippen LogP contribution in [0, 0.1) is 5.21 Å². The molecule has 5 heteroatoms. The zero-order valence-corrected chi connectivity index (χ0v) is 5.64. The van der Waals surface area contributed by atoms with E-state index in [1.54, 1.807) is 7.05 Å².